The zero-order valence-electron chi connectivity index (χ0n) is 5.56. The fraction of sp³-hybridized carbons (Fsp3) is 0.800. The van der Waals surface area contributed by atoms with Crippen molar-refractivity contribution in [3.63, 3.8) is 0 Å². The molecule has 1 rings (SSSR count). The first kappa shape index (κ1) is 9.24. The van der Waals surface area contributed by atoms with Crippen LogP contribution in [-0.4, -0.2) is 42.0 Å². The molecule has 0 saturated carbocycles. The van der Waals surface area contributed by atoms with Crippen molar-refractivity contribution in [2.45, 2.75) is 0 Å². The van der Waals surface area contributed by atoms with Crippen molar-refractivity contribution in [3.05, 3.63) is 0 Å². The third kappa shape index (κ3) is 1.83. The van der Waals surface area contributed by atoms with E-state index in [1.807, 2.05) is 23.6 Å². The van der Waals surface area contributed by atoms with Gasteiger partial charge in [-0.2, -0.15) is 0 Å². The predicted octanol–water partition coefficient (Wildman–Crippen LogP) is -2.83. The van der Waals surface area contributed by atoms with Crippen LogP contribution in [0.4, 0.5) is 0 Å². The summed E-state index contributed by atoms with van der Waals surface area (Å²) in [5.74, 6) is 0. The van der Waals surface area contributed by atoms with Crippen molar-refractivity contribution >= 4 is 16.9 Å². The first-order chi connectivity index (χ1) is 3.72. The molecule has 0 N–H and O–H groups in total. The summed E-state index contributed by atoms with van der Waals surface area (Å²) in [5.41, 5.74) is 0. The Kier molecular flexibility index (Phi) is 3.51. The zero-order chi connectivity index (χ0) is 6.15. The Morgan fingerprint density at radius 2 is 2.22 bits per heavy atom. The summed E-state index contributed by atoms with van der Waals surface area (Å²) >= 11 is 5.78. The molecule has 9 heavy (non-hydrogen) atoms. The van der Waals surface area contributed by atoms with E-state index in [4.69, 9.17) is 11.6 Å². The van der Waals surface area contributed by atoms with Crippen LogP contribution in [-0.2, 0) is 0 Å². The van der Waals surface area contributed by atoms with Crippen molar-refractivity contribution in [3.8, 4) is 0 Å². The van der Waals surface area contributed by atoms with Crippen molar-refractivity contribution in [1.29, 1.82) is 0 Å². The lowest BCUT2D eigenvalue weighted by Gasteiger charge is -1.95. The molecule has 1 heterocycles. The number of likely N-dealkylation sites (N-methyl/N-ethyl adjacent to an activating group) is 2. The Balaban J connectivity index is 0.000000640. The highest BCUT2D eigenvalue weighted by molar-refractivity contribution is 6.63. The van der Waals surface area contributed by atoms with Crippen LogP contribution in [0.15, 0.2) is 0 Å². The second kappa shape index (κ2) is 3.42. The maximum absolute atomic E-state index is 5.78. The third-order valence-corrected chi connectivity index (χ3v) is 1.98. The van der Waals surface area contributed by atoms with E-state index in [0.717, 1.165) is 18.4 Å². The summed E-state index contributed by atoms with van der Waals surface area (Å²) in [7, 11) is 3.98. The van der Waals surface area contributed by atoms with Crippen LogP contribution in [0.3, 0.4) is 0 Å². The van der Waals surface area contributed by atoms with E-state index in [9.17, 15) is 0 Å². The second-order valence-corrected chi connectivity index (χ2v) is 2.45. The number of hydrogen-bond donors (Lipinski definition) is 0. The highest BCUT2D eigenvalue weighted by Gasteiger charge is 2.21. The Labute approximate surface area is 70.9 Å². The standard InChI is InChI=1S/C5H10ClN2.BrH/c1-7-3-4-8(2)5(7)6;/h3-4H2,1-2H3;1H/q+1;/p-1. The van der Waals surface area contributed by atoms with E-state index in [0.29, 0.717) is 0 Å². The van der Waals surface area contributed by atoms with Crippen LogP contribution >= 0.6 is 11.6 Å². The monoisotopic (exact) mass is 212 g/mol. The molecule has 2 nitrogen and oxygen atoms in total. The maximum atomic E-state index is 5.78. The van der Waals surface area contributed by atoms with Gasteiger partial charge in [-0.05, 0) is 0 Å². The van der Waals surface area contributed by atoms with Crippen molar-refractivity contribution in [1.82, 2.24) is 4.90 Å². The fourth-order valence-electron chi connectivity index (χ4n) is 0.776. The highest BCUT2D eigenvalue weighted by atomic mass is 79.9. The van der Waals surface area contributed by atoms with E-state index in [2.05, 4.69) is 0 Å². The van der Waals surface area contributed by atoms with Crippen LogP contribution in [0.5, 0.6) is 0 Å². The van der Waals surface area contributed by atoms with Crippen LogP contribution in [0.1, 0.15) is 0 Å². The van der Waals surface area contributed by atoms with Gasteiger partial charge in [0.25, 0.3) is 0 Å². The molecule has 0 aromatic carbocycles. The van der Waals surface area contributed by atoms with Gasteiger partial charge in [-0.3, -0.25) is 9.48 Å². The number of nitrogens with zero attached hydrogens (tertiary/aromatic N) is 2. The minimum Gasteiger partial charge on any atom is -1.00 e. The smallest absolute Gasteiger partial charge is 0.344 e. The van der Waals surface area contributed by atoms with Crippen molar-refractivity contribution in [2.24, 2.45) is 0 Å². The lowest BCUT2D eigenvalue weighted by atomic mass is 10.6. The van der Waals surface area contributed by atoms with E-state index in [-0.39, 0.29) is 17.0 Å². The molecule has 0 atom stereocenters. The molecule has 0 saturated heterocycles. The SMILES string of the molecule is CN1CC[N+](C)=C1Cl.[Br-]. The molecule has 0 aliphatic carbocycles. The van der Waals surface area contributed by atoms with Crippen molar-refractivity contribution < 1.29 is 21.6 Å². The van der Waals surface area contributed by atoms with Crippen LogP contribution in [0.25, 0.3) is 0 Å². The average molecular weight is 214 g/mol. The van der Waals surface area contributed by atoms with Crippen LogP contribution in [0.2, 0.25) is 0 Å². The largest absolute Gasteiger partial charge is 1.00 e. The first-order valence-electron chi connectivity index (χ1n) is 2.66. The fourth-order valence-corrected chi connectivity index (χ4v) is 0.945. The highest BCUT2D eigenvalue weighted by Crippen LogP contribution is 1.98. The van der Waals surface area contributed by atoms with Crippen LogP contribution < -0.4 is 17.0 Å². The van der Waals surface area contributed by atoms with E-state index >= 15 is 0 Å². The molecule has 1 aliphatic rings. The minimum atomic E-state index is 0. The van der Waals surface area contributed by atoms with Gasteiger partial charge in [0.05, 0.1) is 14.1 Å². The maximum Gasteiger partial charge on any atom is 0.344 e. The molecule has 1 aliphatic heterocycles. The third-order valence-electron chi connectivity index (χ3n) is 1.40. The zero-order valence-corrected chi connectivity index (χ0v) is 7.91. The van der Waals surface area contributed by atoms with Crippen molar-refractivity contribution in [2.75, 3.05) is 27.2 Å². The molecule has 0 bridgehead atoms. The summed E-state index contributed by atoms with van der Waals surface area (Å²) < 4.78 is 2.03. The molecule has 4 heteroatoms. The molecule has 54 valence electrons. The van der Waals surface area contributed by atoms with Gasteiger partial charge in [0.1, 0.15) is 13.1 Å². The number of rotatable bonds is 0. The molecular formula is C5H10BrClN2. The molecule has 0 aromatic rings. The Morgan fingerprint density at radius 1 is 1.67 bits per heavy atom. The van der Waals surface area contributed by atoms with Gasteiger partial charge in [0.2, 0.25) is 0 Å². The minimum absolute atomic E-state index is 0. The van der Waals surface area contributed by atoms with Gasteiger partial charge in [-0.1, -0.05) is 0 Å². The summed E-state index contributed by atoms with van der Waals surface area (Å²) in [6.45, 7) is 2.10. The van der Waals surface area contributed by atoms with Gasteiger partial charge in [-0.25, -0.2) is 0 Å². The summed E-state index contributed by atoms with van der Waals surface area (Å²) in [6, 6.07) is 0. The average Bonchev–Trinajstić information content (AvgIpc) is 1.98. The lowest BCUT2D eigenvalue weighted by molar-refractivity contribution is -0.484. The quantitative estimate of drug-likeness (QED) is 0.311. The second-order valence-electron chi connectivity index (χ2n) is 2.11. The molecular weight excluding hydrogens is 203 g/mol. The van der Waals surface area contributed by atoms with E-state index < -0.39 is 0 Å². The molecule has 0 amide bonds. The molecule has 0 unspecified atom stereocenters. The number of hydrogen-bond acceptors (Lipinski definition) is 1. The molecule has 0 fully saturated rings. The topological polar surface area (TPSA) is 6.25 Å². The molecule has 0 spiro atoms. The summed E-state index contributed by atoms with van der Waals surface area (Å²) in [6.07, 6.45) is 0. The Hall–Kier alpha value is 0.240. The van der Waals surface area contributed by atoms with Gasteiger partial charge in [-0.15, -0.1) is 0 Å². The Bertz CT molecular complexity index is 135. The van der Waals surface area contributed by atoms with E-state index in [1.54, 1.807) is 0 Å². The number of halogens is 2. The Morgan fingerprint density at radius 3 is 2.33 bits per heavy atom. The molecule has 0 aromatic heterocycles. The van der Waals surface area contributed by atoms with Gasteiger partial charge in [0, 0.05) is 11.6 Å². The number of amidine groups is 1. The van der Waals surface area contributed by atoms with Gasteiger partial charge in [0.15, 0.2) is 0 Å². The van der Waals surface area contributed by atoms with E-state index in [1.165, 1.54) is 0 Å². The lowest BCUT2D eigenvalue weighted by Crippen LogP contribution is -3.00. The molecule has 0 radical (unpaired) electrons. The van der Waals surface area contributed by atoms with Crippen LogP contribution in [0, 0.1) is 0 Å². The summed E-state index contributed by atoms with van der Waals surface area (Å²) in [4.78, 5) is 2.03. The van der Waals surface area contributed by atoms with Gasteiger partial charge < -0.3 is 17.0 Å². The van der Waals surface area contributed by atoms with Gasteiger partial charge >= 0.3 is 5.29 Å². The first-order valence-corrected chi connectivity index (χ1v) is 3.04. The summed E-state index contributed by atoms with van der Waals surface area (Å²) in [5, 5.41) is 0.852. The normalized spacial score (nSPS) is 18.3. The predicted molar refractivity (Wildman–Crippen MR) is 34.5 cm³/mol.